The van der Waals surface area contributed by atoms with Crippen LogP contribution in [0.25, 0.3) is 0 Å². The van der Waals surface area contributed by atoms with Crippen LogP contribution in [-0.4, -0.2) is 34.2 Å². The van der Waals surface area contributed by atoms with E-state index >= 15 is 0 Å². The van der Waals surface area contributed by atoms with Gasteiger partial charge in [0.15, 0.2) is 0 Å². The van der Waals surface area contributed by atoms with Crippen molar-refractivity contribution in [3.63, 3.8) is 0 Å². The van der Waals surface area contributed by atoms with Crippen molar-refractivity contribution in [2.75, 3.05) is 11.9 Å². The molecule has 0 aromatic heterocycles. The summed E-state index contributed by atoms with van der Waals surface area (Å²) in [5.74, 6) is 0. The van der Waals surface area contributed by atoms with E-state index in [1.54, 1.807) is 0 Å². The number of benzene rings is 2. The van der Waals surface area contributed by atoms with Gasteiger partial charge in [0.25, 0.3) is 0 Å². The second kappa shape index (κ2) is 7.19. The maximum absolute atomic E-state index is 11.7. The summed E-state index contributed by atoms with van der Waals surface area (Å²) in [6, 6.07) is 21.4. The molecular formula is C22H28N2O. The van der Waals surface area contributed by atoms with Crippen LogP contribution in [0.4, 0.5) is 5.69 Å². The lowest BCUT2D eigenvalue weighted by Gasteiger charge is -2.54. The van der Waals surface area contributed by atoms with E-state index in [1.165, 1.54) is 12.0 Å². The SMILES string of the molecule is OC12CCCCC1N(Cc1ccccc1)CCC2Nc1ccccc1. The Bertz CT molecular complexity index is 675. The first-order valence-corrected chi connectivity index (χ1v) is 9.58. The average molecular weight is 336 g/mol. The molecule has 132 valence electrons. The summed E-state index contributed by atoms with van der Waals surface area (Å²) >= 11 is 0. The van der Waals surface area contributed by atoms with Gasteiger partial charge in [-0.15, -0.1) is 0 Å². The largest absolute Gasteiger partial charge is 0.386 e. The van der Waals surface area contributed by atoms with Crippen LogP contribution in [0.1, 0.15) is 37.7 Å². The Balaban J connectivity index is 1.54. The molecule has 4 rings (SSSR count). The van der Waals surface area contributed by atoms with Crippen LogP contribution >= 0.6 is 0 Å². The molecule has 2 fully saturated rings. The van der Waals surface area contributed by atoms with E-state index in [1.807, 2.05) is 6.07 Å². The molecule has 0 amide bonds. The standard InChI is InChI=1S/C22H28N2O/c25-22-15-8-7-13-21(22)24(17-18-9-3-1-4-10-18)16-14-20(22)23-19-11-5-2-6-12-19/h1-6,9-12,20-21,23,25H,7-8,13-17H2. The van der Waals surface area contributed by atoms with Gasteiger partial charge in [-0.2, -0.15) is 0 Å². The molecule has 3 heteroatoms. The van der Waals surface area contributed by atoms with Gasteiger partial charge >= 0.3 is 0 Å². The lowest BCUT2D eigenvalue weighted by molar-refractivity contribution is -0.114. The van der Waals surface area contributed by atoms with E-state index in [-0.39, 0.29) is 12.1 Å². The van der Waals surface area contributed by atoms with Gasteiger partial charge in [-0.1, -0.05) is 61.4 Å². The minimum Gasteiger partial charge on any atom is -0.386 e. The average Bonchev–Trinajstić information content (AvgIpc) is 2.65. The highest BCUT2D eigenvalue weighted by molar-refractivity contribution is 5.44. The van der Waals surface area contributed by atoms with Crippen molar-refractivity contribution in [2.24, 2.45) is 0 Å². The minimum atomic E-state index is -0.638. The Hall–Kier alpha value is -1.84. The number of hydrogen-bond donors (Lipinski definition) is 2. The minimum absolute atomic E-state index is 0.132. The van der Waals surface area contributed by atoms with E-state index in [2.05, 4.69) is 64.8 Å². The second-order valence-corrected chi connectivity index (χ2v) is 7.56. The van der Waals surface area contributed by atoms with E-state index in [0.717, 1.165) is 44.5 Å². The first-order valence-electron chi connectivity index (χ1n) is 9.58. The van der Waals surface area contributed by atoms with Crippen molar-refractivity contribution in [1.29, 1.82) is 0 Å². The summed E-state index contributed by atoms with van der Waals surface area (Å²) in [5.41, 5.74) is 1.81. The summed E-state index contributed by atoms with van der Waals surface area (Å²) in [5, 5.41) is 15.3. The Morgan fingerprint density at radius 3 is 2.44 bits per heavy atom. The Morgan fingerprint density at radius 2 is 1.68 bits per heavy atom. The summed E-state index contributed by atoms with van der Waals surface area (Å²) in [7, 11) is 0. The van der Waals surface area contributed by atoms with Crippen LogP contribution in [0, 0.1) is 0 Å². The summed E-state index contributed by atoms with van der Waals surface area (Å²) in [4.78, 5) is 2.51. The maximum Gasteiger partial charge on any atom is 0.100 e. The highest BCUT2D eigenvalue weighted by Gasteiger charge is 2.50. The molecule has 3 unspecified atom stereocenters. The number of likely N-dealkylation sites (tertiary alicyclic amines) is 1. The van der Waals surface area contributed by atoms with Crippen LogP contribution < -0.4 is 5.32 Å². The summed E-state index contributed by atoms with van der Waals surface area (Å²) < 4.78 is 0. The van der Waals surface area contributed by atoms with Crippen molar-refractivity contribution in [2.45, 2.75) is 56.3 Å². The molecule has 2 aromatic rings. The normalized spacial score (nSPS) is 29.8. The highest BCUT2D eigenvalue weighted by atomic mass is 16.3. The number of hydrogen-bond acceptors (Lipinski definition) is 3. The highest BCUT2D eigenvalue weighted by Crippen LogP contribution is 2.40. The third kappa shape index (κ3) is 3.44. The lowest BCUT2D eigenvalue weighted by atomic mass is 9.71. The van der Waals surface area contributed by atoms with Crippen LogP contribution in [0.5, 0.6) is 0 Å². The molecule has 1 aliphatic heterocycles. The van der Waals surface area contributed by atoms with Crippen molar-refractivity contribution in [3.8, 4) is 0 Å². The molecule has 1 heterocycles. The van der Waals surface area contributed by atoms with Crippen molar-refractivity contribution >= 4 is 5.69 Å². The zero-order chi connectivity index (χ0) is 17.1. The molecule has 3 atom stereocenters. The molecule has 1 aliphatic carbocycles. The van der Waals surface area contributed by atoms with Gasteiger partial charge in [0.1, 0.15) is 5.60 Å². The van der Waals surface area contributed by atoms with Crippen LogP contribution in [0.15, 0.2) is 60.7 Å². The van der Waals surface area contributed by atoms with Gasteiger partial charge in [0, 0.05) is 24.8 Å². The zero-order valence-electron chi connectivity index (χ0n) is 14.8. The lowest BCUT2D eigenvalue weighted by Crippen LogP contribution is -2.66. The Kier molecular flexibility index (Phi) is 4.78. The molecule has 2 N–H and O–H groups in total. The molecule has 3 nitrogen and oxygen atoms in total. The molecule has 2 aromatic carbocycles. The Morgan fingerprint density at radius 1 is 0.960 bits per heavy atom. The predicted octanol–water partition coefficient (Wildman–Crippen LogP) is 4.05. The molecule has 2 aliphatic rings. The molecule has 1 saturated carbocycles. The van der Waals surface area contributed by atoms with Crippen LogP contribution in [0.3, 0.4) is 0 Å². The smallest absolute Gasteiger partial charge is 0.100 e. The first-order chi connectivity index (χ1) is 12.3. The van der Waals surface area contributed by atoms with Crippen molar-refractivity contribution in [3.05, 3.63) is 66.2 Å². The number of anilines is 1. The number of nitrogens with zero attached hydrogens (tertiary/aromatic N) is 1. The van der Waals surface area contributed by atoms with Crippen LogP contribution in [-0.2, 0) is 6.54 Å². The van der Waals surface area contributed by atoms with Gasteiger partial charge < -0.3 is 10.4 Å². The van der Waals surface area contributed by atoms with Crippen molar-refractivity contribution in [1.82, 2.24) is 4.90 Å². The van der Waals surface area contributed by atoms with E-state index in [9.17, 15) is 5.11 Å². The Labute approximate surface area is 150 Å². The zero-order valence-corrected chi connectivity index (χ0v) is 14.8. The molecule has 0 spiro atoms. The predicted molar refractivity (Wildman–Crippen MR) is 103 cm³/mol. The van der Waals surface area contributed by atoms with Gasteiger partial charge in [-0.05, 0) is 37.0 Å². The molecule has 0 radical (unpaired) electrons. The van der Waals surface area contributed by atoms with Crippen LogP contribution in [0.2, 0.25) is 0 Å². The fourth-order valence-corrected chi connectivity index (χ4v) is 4.71. The molecule has 0 bridgehead atoms. The second-order valence-electron chi connectivity index (χ2n) is 7.56. The van der Waals surface area contributed by atoms with Gasteiger partial charge in [0.2, 0.25) is 0 Å². The van der Waals surface area contributed by atoms with Gasteiger partial charge in [-0.3, -0.25) is 4.90 Å². The number of rotatable bonds is 4. The number of piperidine rings is 1. The molecule has 1 saturated heterocycles. The monoisotopic (exact) mass is 336 g/mol. The summed E-state index contributed by atoms with van der Waals surface area (Å²) in [6.07, 6.45) is 5.31. The fourth-order valence-electron chi connectivity index (χ4n) is 4.71. The third-order valence-electron chi connectivity index (χ3n) is 5.97. The number of aliphatic hydroxyl groups is 1. The number of fused-ring (bicyclic) bond motifs is 1. The number of nitrogens with one attached hydrogen (secondary N) is 1. The van der Waals surface area contributed by atoms with E-state index < -0.39 is 5.60 Å². The number of para-hydroxylation sites is 1. The van der Waals surface area contributed by atoms with E-state index in [4.69, 9.17) is 0 Å². The van der Waals surface area contributed by atoms with Gasteiger partial charge in [-0.25, -0.2) is 0 Å². The molecular weight excluding hydrogens is 308 g/mol. The first kappa shape index (κ1) is 16.6. The molecule has 25 heavy (non-hydrogen) atoms. The quantitative estimate of drug-likeness (QED) is 0.884. The van der Waals surface area contributed by atoms with Gasteiger partial charge in [0.05, 0.1) is 6.04 Å². The fraction of sp³-hybridized carbons (Fsp3) is 0.455. The summed E-state index contributed by atoms with van der Waals surface area (Å²) in [6.45, 7) is 1.97. The topological polar surface area (TPSA) is 35.5 Å². The van der Waals surface area contributed by atoms with Crippen molar-refractivity contribution < 1.29 is 5.11 Å². The third-order valence-corrected chi connectivity index (χ3v) is 5.97. The van der Waals surface area contributed by atoms with E-state index in [0.29, 0.717) is 0 Å². The maximum atomic E-state index is 11.7.